The molecule has 5 nitrogen and oxygen atoms in total. The van der Waals surface area contributed by atoms with Crippen molar-refractivity contribution in [1.29, 1.82) is 0 Å². The summed E-state index contributed by atoms with van der Waals surface area (Å²) in [6, 6.07) is 29.1. The van der Waals surface area contributed by atoms with Crippen LogP contribution in [0.1, 0.15) is 13.8 Å². The Kier molecular flexibility index (Phi) is 7.09. The van der Waals surface area contributed by atoms with Gasteiger partial charge in [-0.05, 0) is 58.3 Å². The van der Waals surface area contributed by atoms with Gasteiger partial charge in [0.15, 0.2) is 5.78 Å². The number of fused-ring (bicyclic) bond motifs is 9. The van der Waals surface area contributed by atoms with Gasteiger partial charge in [0.05, 0.1) is 17.2 Å². The summed E-state index contributed by atoms with van der Waals surface area (Å²) in [6.07, 6.45) is 4.91. The molecular formula is C33H25IrN2O3-. The van der Waals surface area contributed by atoms with Gasteiger partial charge in [-0.2, -0.15) is 0 Å². The molecule has 1 radical (unpaired) electrons. The third kappa shape index (κ3) is 4.63. The van der Waals surface area contributed by atoms with Crippen molar-refractivity contribution in [2.24, 2.45) is 7.05 Å². The molecule has 39 heavy (non-hydrogen) atoms. The first-order chi connectivity index (χ1) is 18.4. The van der Waals surface area contributed by atoms with E-state index in [9.17, 15) is 4.79 Å². The molecule has 5 aromatic carbocycles. The molecule has 0 atom stereocenters. The van der Waals surface area contributed by atoms with Crippen LogP contribution in [0.4, 0.5) is 0 Å². The van der Waals surface area contributed by atoms with Crippen LogP contribution >= 0.6 is 0 Å². The van der Waals surface area contributed by atoms with E-state index in [0.717, 1.165) is 33.3 Å². The maximum atomic E-state index is 10.0. The number of hydrogen-bond donors (Lipinski definition) is 1. The van der Waals surface area contributed by atoms with E-state index in [1.807, 2.05) is 23.9 Å². The normalized spacial score (nSPS) is 11.6. The smallest absolute Gasteiger partial charge is 0.155 e. The van der Waals surface area contributed by atoms with Crippen molar-refractivity contribution in [3.05, 3.63) is 103 Å². The predicted molar refractivity (Wildman–Crippen MR) is 154 cm³/mol. The van der Waals surface area contributed by atoms with Crippen LogP contribution in [0.15, 0.2) is 101 Å². The average molecular weight is 690 g/mol. The first kappa shape index (κ1) is 26.4. The molecule has 0 amide bonds. The van der Waals surface area contributed by atoms with Gasteiger partial charge in [-0.1, -0.05) is 59.5 Å². The zero-order valence-corrected chi connectivity index (χ0v) is 24.0. The maximum Gasteiger partial charge on any atom is 0.155 e. The van der Waals surface area contributed by atoms with Crippen LogP contribution in [0.3, 0.4) is 0 Å². The summed E-state index contributed by atoms with van der Waals surface area (Å²) < 4.78 is 8.44. The van der Waals surface area contributed by atoms with Gasteiger partial charge in [-0.15, -0.1) is 18.2 Å². The third-order valence-corrected chi connectivity index (χ3v) is 6.75. The number of nitrogens with zero attached hydrogens (tertiary/aromatic N) is 2. The van der Waals surface area contributed by atoms with Gasteiger partial charge in [-0.25, -0.2) is 0 Å². The minimum Gasteiger partial charge on any atom is -0.512 e. The van der Waals surface area contributed by atoms with E-state index in [1.54, 1.807) is 6.20 Å². The Morgan fingerprint density at radius 2 is 1.46 bits per heavy atom. The largest absolute Gasteiger partial charge is 0.512 e. The summed E-state index contributed by atoms with van der Waals surface area (Å²) in [4.78, 5) is 14.5. The Morgan fingerprint density at radius 3 is 1.97 bits per heavy atom. The molecule has 0 saturated carbocycles. The summed E-state index contributed by atoms with van der Waals surface area (Å²) in [5, 5.41) is 18.1. The van der Waals surface area contributed by atoms with Crippen LogP contribution in [0.25, 0.3) is 65.6 Å². The molecule has 7 aromatic rings. The Morgan fingerprint density at radius 1 is 0.872 bits per heavy atom. The van der Waals surface area contributed by atoms with Crippen molar-refractivity contribution in [3.8, 4) is 11.4 Å². The number of aromatic nitrogens is 2. The van der Waals surface area contributed by atoms with Crippen molar-refractivity contribution in [2.75, 3.05) is 0 Å². The topological polar surface area (TPSA) is 68.3 Å². The molecule has 2 aromatic heterocycles. The second kappa shape index (κ2) is 10.5. The van der Waals surface area contributed by atoms with E-state index in [-0.39, 0.29) is 31.6 Å². The molecule has 0 aliphatic rings. The first-order valence-corrected chi connectivity index (χ1v) is 12.4. The molecular weight excluding hydrogens is 665 g/mol. The number of carbonyl (C=O) groups excluding carboxylic acids is 1. The van der Waals surface area contributed by atoms with Crippen molar-refractivity contribution in [3.63, 3.8) is 0 Å². The van der Waals surface area contributed by atoms with Crippen LogP contribution < -0.4 is 0 Å². The van der Waals surface area contributed by atoms with E-state index in [4.69, 9.17) is 9.52 Å². The van der Waals surface area contributed by atoms with E-state index in [1.165, 1.54) is 52.2 Å². The molecule has 2 heterocycles. The molecule has 1 N–H and O–H groups in total. The number of aliphatic hydroxyl groups excluding tert-OH is 1. The summed E-state index contributed by atoms with van der Waals surface area (Å²) in [5.74, 6) is 0.789. The Hall–Kier alpha value is -4.25. The molecule has 0 saturated heterocycles. The standard InChI is InChI=1S/C28H17N2O.C5H8O2.Ir/c1-30-14-13-29-28(30)22-12-6-11-21-25-15-23-19-9-4-2-7-17(19)18-8-3-5-10-20(18)24(23)16-26(25)31-27(21)22;1-4(6)3-5(2)7;/h2-11,13-16H,1H3;3,6H,1-2H3;/q-1;;/b;4-3-;. The number of rotatable bonds is 2. The van der Waals surface area contributed by atoms with Crippen LogP contribution in [-0.2, 0) is 31.9 Å². The van der Waals surface area contributed by atoms with Crippen molar-refractivity contribution >= 4 is 60.0 Å². The molecule has 6 heteroatoms. The van der Waals surface area contributed by atoms with E-state index in [0.29, 0.717) is 0 Å². The predicted octanol–water partition coefficient (Wildman–Crippen LogP) is 8.28. The third-order valence-electron chi connectivity index (χ3n) is 6.75. The number of imidazole rings is 1. The van der Waals surface area contributed by atoms with Gasteiger partial charge < -0.3 is 14.1 Å². The van der Waals surface area contributed by atoms with Gasteiger partial charge >= 0.3 is 0 Å². The SMILES string of the molecule is CC(=O)/C=C(/C)O.Cn1ccnc1-c1[c-]ccc2c1oc1cc3c4ccccc4c4ccccc4c3cc12.[Ir]. The molecule has 0 aliphatic carbocycles. The van der Waals surface area contributed by atoms with Gasteiger partial charge in [0.25, 0.3) is 0 Å². The minimum atomic E-state index is -0.125. The first-order valence-electron chi connectivity index (χ1n) is 12.4. The summed E-state index contributed by atoms with van der Waals surface area (Å²) >= 11 is 0. The van der Waals surface area contributed by atoms with Crippen LogP contribution in [0.2, 0.25) is 0 Å². The number of aryl methyl sites for hydroxylation is 1. The van der Waals surface area contributed by atoms with Crippen LogP contribution in [0.5, 0.6) is 0 Å². The zero-order valence-electron chi connectivity index (χ0n) is 21.7. The number of aliphatic hydroxyl groups is 1. The Balaban J connectivity index is 0.000000345. The maximum absolute atomic E-state index is 10.0. The summed E-state index contributed by atoms with van der Waals surface area (Å²) in [7, 11) is 1.99. The number of ketones is 1. The Bertz CT molecular complexity index is 2050. The quantitative estimate of drug-likeness (QED) is 0.0859. The molecule has 7 rings (SSSR count). The van der Waals surface area contributed by atoms with Gasteiger partial charge in [-0.3, -0.25) is 9.78 Å². The number of benzene rings is 5. The number of furan rings is 1. The van der Waals surface area contributed by atoms with Gasteiger partial charge in [0.1, 0.15) is 5.58 Å². The number of allylic oxidation sites excluding steroid dienone is 2. The van der Waals surface area contributed by atoms with E-state index >= 15 is 0 Å². The fourth-order valence-electron chi connectivity index (χ4n) is 5.21. The molecule has 195 valence electrons. The molecule has 0 spiro atoms. The van der Waals surface area contributed by atoms with Crippen LogP contribution in [-0.4, -0.2) is 20.4 Å². The minimum absolute atomic E-state index is 0. The van der Waals surface area contributed by atoms with Crippen molar-refractivity contribution in [1.82, 2.24) is 9.55 Å². The monoisotopic (exact) mass is 690 g/mol. The fraction of sp³-hybridized carbons (Fsp3) is 0.0909. The molecule has 0 fully saturated rings. The van der Waals surface area contributed by atoms with Crippen molar-refractivity contribution in [2.45, 2.75) is 13.8 Å². The Labute approximate surface area is 238 Å². The summed E-state index contributed by atoms with van der Waals surface area (Å²) in [6.45, 7) is 2.85. The summed E-state index contributed by atoms with van der Waals surface area (Å²) in [5.41, 5.74) is 2.61. The van der Waals surface area contributed by atoms with Crippen molar-refractivity contribution < 1.29 is 34.4 Å². The average Bonchev–Trinajstić information content (AvgIpc) is 3.50. The van der Waals surface area contributed by atoms with Gasteiger partial charge in [0, 0.05) is 51.0 Å². The number of carbonyl (C=O) groups is 1. The fourth-order valence-corrected chi connectivity index (χ4v) is 5.21. The number of hydrogen-bond acceptors (Lipinski definition) is 4. The second-order valence-corrected chi connectivity index (χ2v) is 9.44. The zero-order chi connectivity index (χ0) is 26.4. The van der Waals surface area contributed by atoms with E-state index in [2.05, 4.69) is 77.8 Å². The van der Waals surface area contributed by atoms with Gasteiger partial charge in [0.2, 0.25) is 0 Å². The van der Waals surface area contributed by atoms with Crippen LogP contribution in [0, 0.1) is 6.07 Å². The second-order valence-electron chi connectivity index (χ2n) is 9.44. The van der Waals surface area contributed by atoms with E-state index < -0.39 is 0 Å². The molecule has 0 aliphatic heterocycles. The molecule has 0 bridgehead atoms. The molecule has 0 unspecified atom stereocenters.